The molecule has 5 heteroatoms. The highest BCUT2D eigenvalue weighted by molar-refractivity contribution is 9.10. The smallest absolute Gasteiger partial charge is 0.141 e. The van der Waals surface area contributed by atoms with Crippen LogP contribution in [0.5, 0.6) is 5.75 Å². The van der Waals surface area contributed by atoms with Crippen molar-refractivity contribution in [1.82, 2.24) is 0 Å². The Morgan fingerprint density at radius 1 is 1.30 bits per heavy atom. The number of ether oxygens (including phenoxy) is 2. The molecule has 1 aliphatic rings. The lowest BCUT2D eigenvalue weighted by Gasteiger charge is -2.27. The van der Waals surface area contributed by atoms with Gasteiger partial charge in [0.25, 0.3) is 0 Å². The van der Waals surface area contributed by atoms with Gasteiger partial charge in [0.05, 0.1) is 23.8 Å². The number of hydrogen-bond donors (Lipinski definition) is 1. The lowest BCUT2D eigenvalue weighted by molar-refractivity contribution is 0.0489. The summed E-state index contributed by atoms with van der Waals surface area (Å²) < 4.78 is 25.1. The van der Waals surface area contributed by atoms with Crippen LogP contribution in [0, 0.1) is 17.7 Å². The summed E-state index contributed by atoms with van der Waals surface area (Å²) in [5, 5.41) is 0. The first-order chi connectivity index (χ1) is 9.36. The molecule has 1 aromatic rings. The Hall–Kier alpha value is -0.650. The fourth-order valence-corrected chi connectivity index (χ4v) is 3.46. The summed E-state index contributed by atoms with van der Waals surface area (Å²) in [4.78, 5) is 0. The highest BCUT2D eigenvalue weighted by Crippen LogP contribution is 2.42. The van der Waals surface area contributed by atoms with Crippen molar-refractivity contribution in [2.45, 2.75) is 39.0 Å². The molecule has 2 rings (SSSR count). The summed E-state index contributed by atoms with van der Waals surface area (Å²) in [6.07, 6.45) is 0.250. The first-order valence-electron chi connectivity index (χ1n) is 6.80. The zero-order valence-corrected chi connectivity index (χ0v) is 13.8. The summed E-state index contributed by atoms with van der Waals surface area (Å²) >= 11 is 3.21. The van der Waals surface area contributed by atoms with E-state index in [2.05, 4.69) is 29.8 Å². The van der Waals surface area contributed by atoms with E-state index in [0.29, 0.717) is 16.1 Å². The standard InChI is InChI=1S/C15H21BrFNO2/c1-7-8(2)20-9(3)14(7)15(18)10-5-11(16)12(17)6-13(10)19-4/h5-9,14-15H,18H2,1-4H3. The molecule has 20 heavy (non-hydrogen) atoms. The molecular weight excluding hydrogens is 325 g/mol. The zero-order chi connectivity index (χ0) is 15.0. The van der Waals surface area contributed by atoms with E-state index >= 15 is 0 Å². The molecule has 0 radical (unpaired) electrons. The Morgan fingerprint density at radius 3 is 2.45 bits per heavy atom. The van der Waals surface area contributed by atoms with E-state index in [0.717, 1.165) is 5.56 Å². The molecule has 5 unspecified atom stereocenters. The Bertz CT molecular complexity index is 497. The van der Waals surface area contributed by atoms with Gasteiger partial charge in [-0.25, -0.2) is 4.39 Å². The Balaban J connectivity index is 2.38. The minimum Gasteiger partial charge on any atom is -0.496 e. The van der Waals surface area contributed by atoms with Crippen LogP contribution in [0.3, 0.4) is 0 Å². The number of rotatable bonds is 3. The number of hydrogen-bond acceptors (Lipinski definition) is 3. The second kappa shape index (κ2) is 6.00. The third-order valence-electron chi connectivity index (χ3n) is 4.37. The predicted octanol–water partition coefficient (Wildman–Crippen LogP) is 3.66. The number of benzene rings is 1. The van der Waals surface area contributed by atoms with Gasteiger partial charge < -0.3 is 15.2 Å². The van der Waals surface area contributed by atoms with Crippen molar-refractivity contribution in [2.75, 3.05) is 7.11 Å². The molecular formula is C15H21BrFNO2. The number of halogens is 2. The van der Waals surface area contributed by atoms with Gasteiger partial charge in [0.2, 0.25) is 0 Å². The lowest BCUT2D eigenvalue weighted by Crippen LogP contribution is -2.31. The van der Waals surface area contributed by atoms with Crippen LogP contribution in [-0.4, -0.2) is 19.3 Å². The predicted molar refractivity (Wildman–Crippen MR) is 80.2 cm³/mol. The molecule has 1 fully saturated rings. The largest absolute Gasteiger partial charge is 0.496 e. The zero-order valence-electron chi connectivity index (χ0n) is 12.2. The van der Waals surface area contributed by atoms with Gasteiger partial charge in [-0.05, 0) is 41.8 Å². The van der Waals surface area contributed by atoms with E-state index in [4.69, 9.17) is 15.2 Å². The van der Waals surface area contributed by atoms with Crippen LogP contribution in [0.1, 0.15) is 32.4 Å². The third-order valence-corrected chi connectivity index (χ3v) is 4.97. The maximum atomic E-state index is 13.6. The van der Waals surface area contributed by atoms with Crippen LogP contribution >= 0.6 is 15.9 Å². The van der Waals surface area contributed by atoms with Gasteiger partial charge in [-0.2, -0.15) is 0 Å². The summed E-state index contributed by atoms with van der Waals surface area (Å²) in [7, 11) is 1.53. The fourth-order valence-electron chi connectivity index (χ4n) is 3.10. The van der Waals surface area contributed by atoms with Crippen molar-refractivity contribution in [3.05, 3.63) is 28.0 Å². The number of methoxy groups -OCH3 is 1. The average molecular weight is 346 g/mol. The summed E-state index contributed by atoms with van der Waals surface area (Å²) in [5.74, 6) is 0.650. The van der Waals surface area contributed by atoms with E-state index in [1.54, 1.807) is 6.07 Å². The van der Waals surface area contributed by atoms with Crippen LogP contribution in [-0.2, 0) is 4.74 Å². The second-order valence-electron chi connectivity index (χ2n) is 5.52. The minimum absolute atomic E-state index is 0.0727. The molecule has 1 aliphatic heterocycles. The Labute approximate surface area is 127 Å². The van der Waals surface area contributed by atoms with E-state index in [-0.39, 0.29) is 30.0 Å². The molecule has 5 atom stereocenters. The van der Waals surface area contributed by atoms with Crippen LogP contribution < -0.4 is 10.5 Å². The molecule has 0 saturated carbocycles. The van der Waals surface area contributed by atoms with E-state index in [1.807, 2.05) is 6.92 Å². The van der Waals surface area contributed by atoms with Gasteiger partial charge in [0, 0.05) is 23.6 Å². The molecule has 1 saturated heterocycles. The molecule has 0 spiro atoms. The van der Waals surface area contributed by atoms with Gasteiger partial charge in [0.1, 0.15) is 11.6 Å². The molecule has 2 N–H and O–H groups in total. The van der Waals surface area contributed by atoms with Crippen LogP contribution in [0.4, 0.5) is 4.39 Å². The van der Waals surface area contributed by atoms with Gasteiger partial charge in [-0.15, -0.1) is 0 Å². The highest BCUT2D eigenvalue weighted by atomic mass is 79.9. The first kappa shape index (κ1) is 15.7. The maximum Gasteiger partial charge on any atom is 0.141 e. The van der Waals surface area contributed by atoms with Gasteiger partial charge >= 0.3 is 0 Å². The molecule has 0 aromatic heterocycles. The molecule has 1 aromatic carbocycles. The van der Waals surface area contributed by atoms with E-state index in [9.17, 15) is 4.39 Å². The van der Waals surface area contributed by atoms with Crippen molar-refractivity contribution in [3.8, 4) is 5.75 Å². The molecule has 0 aliphatic carbocycles. The SMILES string of the molecule is COc1cc(F)c(Br)cc1C(N)C1C(C)OC(C)C1C. The molecule has 0 amide bonds. The molecule has 0 bridgehead atoms. The van der Waals surface area contributed by atoms with Crippen molar-refractivity contribution < 1.29 is 13.9 Å². The van der Waals surface area contributed by atoms with Gasteiger partial charge in [-0.3, -0.25) is 0 Å². The minimum atomic E-state index is -0.352. The Morgan fingerprint density at radius 2 is 1.95 bits per heavy atom. The van der Waals surface area contributed by atoms with Crippen molar-refractivity contribution in [3.63, 3.8) is 0 Å². The topological polar surface area (TPSA) is 44.5 Å². The van der Waals surface area contributed by atoms with Crippen molar-refractivity contribution >= 4 is 15.9 Å². The average Bonchev–Trinajstić information content (AvgIpc) is 2.65. The summed E-state index contributed by atoms with van der Waals surface area (Å²) in [5.41, 5.74) is 7.24. The quantitative estimate of drug-likeness (QED) is 0.909. The summed E-state index contributed by atoms with van der Waals surface area (Å²) in [6.45, 7) is 6.24. The normalized spacial score (nSPS) is 31.4. The van der Waals surface area contributed by atoms with Crippen molar-refractivity contribution in [2.24, 2.45) is 17.6 Å². The maximum absolute atomic E-state index is 13.6. The van der Waals surface area contributed by atoms with Gasteiger partial charge in [-0.1, -0.05) is 6.92 Å². The van der Waals surface area contributed by atoms with E-state index in [1.165, 1.54) is 13.2 Å². The summed E-state index contributed by atoms with van der Waals surface area (Å²) in [6, 6.07) is 2.83. The Kier molecular flexibility index (Phi) is 4.72. The first-order valence-corrected chi connectivity index (χ1v) is 7.60. The molecule has 1 heterocycles. The molecule has 3 nitrogen and oxygen atoms in total. The monoisotopic (exact) mass is 345 g/mol. The van der Waals surface area contributed by atoms with Crippen LogP contribution in [0.25, 0.3) is 0 Å². The van der Waals surface area contributed by atoms with Crippen LogP contribution in [0.2, 0.25) is 0 Å². The van der Waals surface area contributed by atoms with E-state index < -0.39 is 0 Å². The highest BCUT2D eigenvalue weighted by Gasteiger charge is 2.41. The van der Waals surface area contributed by atoms with Crippen LogP contribution in [0.15, 0.2) is 16.6 Å². The second-order valence-corrected chi connectivity index (χ2v) is 6.37. The lowest BCUT2D eigenvalue weighted by atomic mass is 9.81. The third kappa shape index (κ3) is 2.71. The number of nitrogens with two attached hydrogens (primary N) is 1. The fraction of sp³-hybridized carbons (Fsp3) is 0.600. The molecule has 112 valence electrons. The van der Waals surface area contributed by atoms with Gasteiger partial charge in [0.15, 0.2) is 0 Å². The van der Waals surface area contributed by atoms with Crippen molar-refractivity contribution in [1.29, 1.82) is 0 Å².